The molecule has 4 heteroatoms. The Bertz CT molecular complexity index is 69.5. The van der Waals surface area contributed by atoms with Gasteiger partial charge in [-0.05, 0) is 19.8 Å². The zero-order valence-corrected chi connectivity index (χ0v) is 7.42. The van der Waals surface area contributed by atoms with Gasteiger partial charge in [0.05, 0.1) is 0 Å². The molecule has 1 saturated heterocycles. The van der Waals surface area contributed by atoms with Gasteiger partial charge in [0.1, 0.15) is 0 Å². The van der Waals surface area contributed by atoms with Crippen LogP contribution in [0.1, 0.15) is 19.8 Å². The standard InChI is InChI=1S/C4H8O.C2H4O2.Pd/c1-2-4-5-3-1;1-2(3)4;/h1-4H2;1H3,(H,3,4);/q;;+2/p-1. The number of aliphatic carboxylic acids is 1. The van der Waals surface area contributed by atoms with Crippen LogP contribution in [0.15, 0.2) is 0 Å². The fourth-order valence-electron chi connectivity index (χ4n) is 0.510. The maximum atomic E-state index is 8.89. The molecule has 0 amide bonds. The Hall–Kier alpha value is 0.0923. The Labute approximate surface area is 74.4 Å². The molecule has 0 N–H and O–H groups in total. The summed E-state index contributed by atoms with van der Waals surface area (Å²) in [5, 5.41) is 8.89. The summed E-state index contributed by atoms with van der Waals surface area (Å²) < 4.78 is 4.94. The molecule has 0 aliphatic carbocycles. The topological polar surface area (TPSA) is 49.4 Å². The van der Waals surface area contributed by atoms with Crippen LogP contribution < -0.4 is 5.11 Å². The van der Waals surface area contributed by atoms with E-state index >= 15 is 0 Å². The fourth-order valence-corrected chi connectivity index (χ4v) is 0.510. The van der Waals surface area contributed by atoms with Crippen LogP contribution in [0, 0.1) is 0 Å². The second kappa shape index (κ2) is 9.09. The molecular formula is C6H11O3Pd+. The smallest absolute Gasteiger partial charge is 0.550 e. The maximum Gasteiger partial charge on any atom is 2.00 e. The van der Waals surface area contributed by atoms with Gasteiger partial charge in [0.25, 0.3) is 0 Å². The molecular weight excluding hydrogens is 226 g/mol. The van der Waals surface area contributed by atoms with Crippen molar-refractivity contribution in [3.05, 3.63) is 0 Å². The number of carboxylic acids is 1. The van der Waals surface area contributed by atoms with Crippen LogP contribution in [0.3, 0.4) is 0 Å². The van der Waals surface area contributed by atoms with Crippen molar-refractivity contribution in [1.29, 1.82) is 0 Å². The third-order valence-electron chi connectivity index (χ3n) is 0.827. The predicted molar refractivity (Wildman–Crippen MR) is 30.7 cm³/mol. The first kappa shape index (κ1) is 12.7. The molecule has 0 aromatic rings. The van der Waals surface area contributed by atoms with Crippen molar-refractivity contribution >= 4 is 5.97 Å². The Morgan fingerprint density at radius 1 is 1.40 bits per heavy atom. The quantitative estimate of drug-likeness (QED) is 0.536. The van der Waals surface area contributed by atoms with Gasteiger partial charge in [0.15, 0.2) is 0 Å². The van der Waals surface area contributed by atoms with Gasteiger partial charge in [0.2, 0.25) is 0 Å². The van der Waals surface area contributed by atoms with E-state index in [9.17, 15) is 0 Å². The first-order valence-electron chi connectivity index (χ1n) is 2.99. The monoisotopic (exact) mass is 237 g/mol. The molecule has 0 radical (unpaired) electrons. The molecule has 62 valence electrons. The Balaban J connectivity index is 0. The van der Waals surface area contributed by atoms with Crippen molar-refractivity contribution < 1.29 is 35.1 Å². The van der Waals surface area contributed by atoms with Crippen molar-refractivity contribution in [2.45, 2.75) is 19.8 Å². The normalized spacial score (nSPS) is 14.5. The van der Waals surface area contributed by atoms with Gasteiger partial charge in [0, 0.05) is 19.2 Å². The molecule has 0 atom stereocenters. The number of carbonyl (C=O) groups is 1. The second-order valence-corrected chi connectivity index (χ2v) is 1.81. The van der Waals surface area contributed by atoms with E-state index in [1.165, 1.54) is 12.8 Å². The zero-order chi connectivity index (χ0) is 7.11. The molecule has 1 fully saturated rings. The number of hydrogen-bond acceptors (Lipinski definition) is 3. The van der Waals surface area contributed by atoms with Gasteiger partial charge in [-0.25, -0.2) is 0 Å². The SMILES string of the molecule is C1CCOC1.CC(=O)[O-].[Pd+2]. The summed E-state index contributed by atoms with van der Waals surface area (Å²) in [6, 6.07) is 0. The summed E-state index contributed by atoms with van der Waals surface area (Å²) in [6.07, 6.45) is 2.56. The van der Waals surface area contributed by atoms with Crippen molar-refractivity contribution in [3.63, 3.8) is 0 Å². The first-order valence-corrected chi connectivity index (χ1v) is 2.99. The summed E-state index contributed by atoms with van der Waals surface area (Å²) in [5.74, 6) is -1.08. The fraction of sp³-hybridized carbons (Fsp3) is 0.833. The summed E-state index contributed by atoms with van der Waals surface area (Å²) in [4.78, 5) is 8.89. The molecule has 0 saturated carbocycles. The largest absolute Gasteiger partial charge is 2.00 e. The van der Waals surface area contributed by atoms with Crippen LogP contribution >= 0.6 is 0 Å². The Morgan fingerprint density at radius 2 is 1.70 bits per heavy atom. The minimum atomic E-state index is -1.08. The van der Waals surface area contributed by atoms with Crippen molar-refractivity contribution in [2.24, 2.45) is 0 Å². The van der Waals surface area contributed by atoms with E-state index in [0.717, 1.165) is 20.1 Å². The number of rotatable bonds is 0. The summed E-state index contributed by atoms with van der Waals surface area (Å²) in [7, 11) is 0. The number of carboxylic acid groups (broad SMARTS) is 1. The predicted octanol–water partition coefficient (Wildman–Crippen LogP) is -0.450. The summed E-state index contributed by atoms with van der Waals surface area (Å²) >= 11 is 0. The van der Waals surface area contributed by atoms with E-state index in [1.54, 1.807) is 0 Å². The van der Waals surface area contributed by atoms with Crippen LogP contribution in [-0.2, 0) is 30.0 Å². The molecule has 0 aromatic heterocycles. The van der Waals surface area contributed by atoms with Gasteiger partial charge >= 0.3 is 20.4 Å². The van der Waals surface area contributed by atoms with Gasteiger partial charge in [-0.1, -0.05) is 0 Å². The van der Waals surface area contributed by atoms with Crippen LogP contribution in [0.2, 0.25) is 0 Å². The van der Waals surface area contributed by atoms with Gasteiger partial charge in [-0.2, -0.15) is 0 Å². The van der Waals surface area contributed by atoms with Crippen LogP contribution in [0.5, 0.6) is 0 Å². The molecule has 1 aliphatic heterocycles. The molecule has 3 nitrogen and oxygen atoms in total. The first-order chi connectivity index (χ1) is 4.23. The summed E-state index contributed by atoms with van der Waals surface area (Å²) in [6.45, 7) is 2.97. The Morgan fingerprint density at radius 3 is 1.80 bits per heavy atom. The van der Waals surface area contributed by atoms with Crippen LogP contribution in [0.25, 0.3) is 0 Å². The van der Waals surface area contributed by atoms with Gasteiger partial charge in [-0.3, -0.25) is 0 Å². The zero-order valence-electron chi connectivity index (χ0n) is 5.87. The van der Waals surface area contributed by atoms with Crippen molar-refractivity contribution in [2.75, 3.05) is 13.2 Å². The minimum absolute atomic E-state index is 0. The molecule has 0 bridgehead atoms. The van der Waals surface area contributed by atoms with Crippen molar-refractivity contribution in [1.82, 2.24) is 0 Å². The minimum Gasteiger partial charge on any atom is -0.550 e. The number of hydrogen-bond donors (Lipinski definition) is 0. The average Bonchev–Trinajstić information content (AvgIpc) is 2.11. The number of ether oxygens (including phenoxy) is 1. The van der Waals surface area contributed by atoms with Gasteiger partial charge < -0.3 is 14.6 Å². The average molecular weight is 238 g/mol. The van der Waals surface area contributed by atoms with Crippen LogP contribution in [0.4, 0.5) is 0 Å². The third-order valence-corrected chi connectivity index (χ3v) is 0.827. The molecule has 10 heavy (non-hydrogen) atoms. The maximum absolute atomic E-state index is 8.89. The van der Waals surface area contributed by atoms with Gasteiger partial charge in [-0.15, -0.1) is 0 Å². The van der Waals surface area contributed by atoms with Crippen molar-refractivity contribution in [3.8, 4) is 0 Å². The van der Waals surface area contributed by atoms with E-state index in [-0.39, 0.29) is 20.4 Å². The molecule has 0 unspecified atom stereocenters. The van der Waals surface area contributed by atoms with Crippen LogP contribution in [-0.4, -0.2) is 19.2 Å². The Kier molecular flexibility index (Phi) is 11.6. The molecule has 1 rings (SSSR count). The van der Waals surface area contributed by atoms with E-state index in [0.29, 0.717) is 0 Å². The van der Waals surface area contributed by atoms with E-state index in [2.05, 4.69) is 0 Å². The second-order valence-electron chi connectivity index (χ2n) is 1.81. The number of carbonyl (C=O) groups excluding carboxylic acids is 1. The van der Waals surface area contributed by atoms with E-state index < -0.39 is 5.97 Å². The molecule has 0 aromatic carbocycles. The molecule has 0 spiro atoms. The summed E-state index contributed by atoms with van der Waals surface area (Å²) in [5.41, 5.74) is 0. The molecule has 1 aliphatic rings. The van der Waals surface area contributed by atoms with E-state index in [4.69, 9.17) is 14.6 Å². The van der Waals surface area contributed by atoms with E-state index in [1.807, 2.05) is 0 Å². The molecule has 1 heterocycles. The third kappa shape index (κ3) is 15.7.